The van der Waals surface area contributed by atoms with Gasteiger partial charge in [0.1, 0.15) is 0 Å². The summed E-state index contributed by atoms with van der Waals surface area (Å²) in [6, 6.07) is 1.09. The molecule has 2 fully saturated rings. The minimum atomic E-state index is 0.0222. The summed E-state index contributed by atoms with van der Waals surface area (Å²) in [4.78, 5) is 17.4. The van der Waals surface area contributed by atoms with Crippen molar-refractivity contribution in [3.05, 3.63) is 0 Å². The van der Waals surface area contributed by atoms with Gasteiger partial charge in [0.15, 0.2) is 0 Å². The van der Waals surface area contributed by atoms with Crippen LogP contribution in [0.1, 0.15) is 53.4 Å². The van der Waals surface area contributed by atoms with Gasteiger partial charge in [0.25, 0.3) is 0 Å². The van der Waals surface area contributed by atoms with E-state index < -0.39 is 0 Å². The molecule has 4 heteroatoms. The average molecular weight is 295 g/mol. The number of amides is 1. The molecule has 2 heterocycles. The number of piperidine rings is 1. The van der Waals surface area contributed by atoms with Crippen molar-refractivity contribution in [2.45, 2.75) is 71.5 Å². The van der Waals surface area contributed by atoms with Gasteiger partial charge in [-0.15, -0.1) is 0 Å². The normalized spacial score (nSPS) is 32.1. The van der Waals surface area contributed by atoms with Crippen molar-refractivity contribution in [2.75, 3.05) is 26.2 Å². The number of hydrogen-bond acceptors (Lipinski definition) is 3. The Hall–Kier alpha value is -0.610. The van der Waals surface area contributed by atoms with Crippen molar-refractivity contribution in [3.8, 4) is 0 Å². The maximum Gasteiger partial charge on any atom is 0.239 e. The minimum Gasteiger partial charge on any atom is -0.341 e. The van der Waals surface area contributed by atoms with Gasteiger partial charge in [-0.25, -0.2) is 0 Å². The highest BCUT2D eigenvalue weighted by Gasteiger charge is 2.36. The molecule has 2 aliphatic rings. The van der Waals surface area contributed by atoms with Gasteiger partial charge in [0, 0.05) is 25.2 Å². The Kier molecular flexibility index (Phi) is 6.06. The van der Waals surface area contributed by atoms with E-state index in [0.717, 1.165) is 26.2 Å². The molecular formula is C17H33N3O. The van der Waals surface area contributed by atoms with Crippen LogP contribution in [0.15, 0.2) is 0 Å². The van der Waals surface area contributed by atoms with Crippen LogP contribution in [-0.4, -0.2) is 60.0 Å². The lowest BCUT2D eigenvalue weighted by molar-refractivity contribution is -0.138. The molecule has 0 aliphatic carbocycles. The van der Waals surface area contributed by atoms with Gasteiger partial charge in [-0.05, 0) is 72.4 Å². The van der Waals surface area contributed by atoms with Crippen LogP contribution in [0.4, 0.5) is 0 Å². The molecule has 4 atom stereocenters. The lowest BCUT2D eigenvalue weighted by atomic mass is 9.98. The highest BCUT2D eigenvalue weighted by molar-refractivity contribution is 5.81. The van der Waals surface area contributed by atoms with Gasteiger partial charge in [0.05, 0.1) is 6.04 Å². The van der Waals surface area contributed by atoms with Crippen LogP contribution in [-0.2, 0) is 4.79 Å². The van der Waals surface area contributed by atoms with E-state index in [4.69, 9.17) is 0 Å². The third-order valence-corrected chi connectivity index (χ3v) is 5.40. The largest absolute Gasteiger partial charge is 0.341 e. The van der Waals surface area contributed by atoms with Gasteiger partial charge in [0.2, 0.25) is 5.91 Å². The first-order valence-corrected chi connectivity index (χ1v) is 8.81. The molecular weight excluding hydrogens is 262 g/mol. The number of nitrogens with one attached hydrogen (secondary N) is 1. The molecule has 2 saturated heterocycles. The van der Waals surface area contributed by atoms with E-state index in [2.05, 4.69) is 42.8 Å². The smallest absolute Gasteiger partial charge is 0.239 e. The first-order valence-electron chi connectivity index (χ1n) is 8.81. The quantitative estimate of drug-likeness (QED) is 0.843. The summed E-state index contributed by atoms with van der Waals surface area (Å²) < 4.78 is 0. The van der Waals surface area contributed by atoms with E-state index in [-0.39, 0.29) is 6.04 Å². The Morgan fingerprint density at radius 3 is 2.48 bits per heavy atom. The summed E-state index contributed by atoms with van der Waals surface area (Å²) in [5, 5.41) is 3.45. The van der Waals surface area contributed by atoms with Crippen LogP contribution in [0.25, 0.3) is 0 Å². The van der Waals surface area contributed by atoms with Crippen molar-refractivity contribution in [2.24, 2.45) is 5.92 Å². The zero-order valence-electron chi connectivity index (χ0n) is 14.3. The molecule has 0 saturated carbocycles. The van der Waals surface area contributed by atoms with Crippen molar-refractivity contribution in [1.29, 1.82) is 0 Å². The molecule has 21 heavy (non-hydrogen) atoms. The Labute approximate surface area is 130 Å². The highest BCUT2D eigenvalue weighted by Crippen LogP contribution is 2.26. The van der Waals surface area contributed by atoms with Crippen LogP contribution in [0.2, 0.25) is 0 Å². The first kappa shape index (κ1) is 16.8. The van der Waals surface area contributed by atoms with Gasteiger partial charge < -0.3 is 10.2 Å². The summed E-state index contributed by atoms with van der Waals surface area (Å²) in [5.74, 6) is 0.951. The third-order valence-electron chi connectivity index (χ3n) is 5.40. The second-order valence-corrected chi connectivity index (χ2v) is 6.99. The highest BCUT2D eigenvalue weighted by atomic mass is 16.2. The molecule has 0 aromatic heterocycles. The molecule has 1 N–H and O–H groups in total. The topological polar surface area (TPSA) is 35.6 Å². The molecule has 122 valence electrons. The SMILES string of the molecule is CCN(CC1CCCNC1)C(=O)C(C)N1C(C)CCC1C. The summed E-state index contributed by atoms with van der Waals surface area (Å²) in [6.45, 7) is 12.7. The lowest BCUT2D eigenvalue weighted by Gasteiger charge is -2.36. The summed E-state index contributed by atoms with van der Waals surface area (Å²) in [5.41, 5.74) is 0. The van der Waals surface area contributed by atoms with Gasteiger partial charge in [-0.1, -0.05) is 0 Å². The van der Waals surface area contributed by atoms with Crippen molar-refractivity contribution >= 4 is 5.91 Å². The Morgan fingerprint density at radius 2 is 1.95 bits per heavy atom. The van der Waals surface area contributed by atoms with E-state index in [0.29, 0.717) is 23.9 Å². The maximum absolute atomic E-state index is 12.9. The molecule has 4 nitrogen and oxygen atoms in total. The number of carbonyl (C=O) groups is 1. The summed E-state index contributed by atoms with van der Waals surface area (Å²) >= 11 is 0. The maximum atomic E-state index is 12.9. The number of carbonyl (C=O) groups excluding carboxylic acids is 1. The molecule has 0 aromatic carbocycles. The van der Waals surface area contributed by atoms with Crippen molar-refractivity contribution < 1.29 is 4.79 Å². The van der Waals surface area contributed by atoms with Crippen molar-refractivity contribution in [3.63, 3.8) is 0 Å². The third kappa shape index (κ3) is 3.98. The Balaban J connectivity index is 1.94. The molecule has 0 spiro atoms. The van der Waals surface area contributed by atoms with Crippen LogP contribution >= 0.6 is 0 Å². The van der Waals surface area contributed by atoms with Crippen molar-refractivity contribution in [1.82, 2.24) is 15.1 Å². The van der Waals surface area contributed by atoms with E-state index in [1.165, 1.54) is 25.7 Å². The number of likely N-dealkylation sites (tertiary alicyclic amines) is 1. The zero-order chi connectivity index (χ0) is 15.4. The average Bonchev–Trinajstić information content (AvgIpc) is 2.83. The fourth-order valence-corrected chi connectivity index (χ4v) is 4.14. The van der Waals surface area contributed by atoms with Crippen LogP contribution < -0.4 is 5.32 Å². The predicted octanol–water partition coefficient (Wildman–Crippen LogP) is 2.10. The molecule has 0 bridgehead atoms. The monoisotopic (exact) mass is 295 g/mol. The van der Waals surface area contributed by atoms with Crippen LogP contribution in [0, 0.1) is 5.92 Å². The van der Waals surface area contributed by atoms with E-state index in [9.17, 15) is 4.79 Å². The molecule has 2 aliphatic heterocycles. The second-order valence-electron chi connectivity index (χ2n) is 6.99. The second kappa shape index (κ2) is 7.59. The van der Waals surface area contributed by atoms with Gasteiger partial charge >= 0.3 is 0 Å². The number of rotatable bonds is 5. The summed E-state index contributed by atoms with van der Waals surface area (Å²) in [7, 11) is 0. The Morgan fingerprint density at radius 1 is 1.29 bits per heavy atom. The predicted molar refractivity (Wildman–Crippen MR) is 87.3 cm³/mol. The lowest BCUT2D eigenvalue weighted by Crippen LogP contribution is -2.52. The standard InChI is InChI=1S/C17H33N3O/c1-5-19(12-16-7-6-10-18-11-16)17(21)15(4)20-13(2)8-9-14(20)3/h13-16,18H,5-12H2,1-4H3. The fourth-order valence-electron chi connectivity index (χ4n) is 4.14. The van der Waals surface area contributed by atoms with Gasteiger partial charge in [-0.2, -0.15) is 0 Å². The minimum absolute atomic E-state index is 0.0222. The van der Waals surface area contributed by atoms with E-state index in [1.807, 2.05) is 0 Å². The summed E-state index contributed by atoms with van der Waals surface area (Å²) in [6.07, 6.45) is 4.93. The van der Waals surface area contributed by atoms with E-state index in [1.54, 1.807) is 0 Å². The van der Waals surface area contributed by atoms with Crippen LogP contribution in [0.3, 0.4) is 0 Å². The molecule has 1 amide bonds. The van der Waals surface area contributed by atoms with E-state index >= 15 is 0 Å². The van der Waals surface area contributed by atoms with Crippen LogP contribution in [0.5, 0.6) is 0 Å². The Bertz CT molecular complexity index is 331. The zero-order valence-corrected chi connectivity index (χ0v) is 14.3. The molecule has 4 unspecified atom stereocenters. The fraction of sp³-hybridized carbons (Fsp3) is 0.941. The number of nitrogens with zero attached hydrogens (tertiary/aromatic N) is 2. The molecule has 2 rings (SSSR count). The number of likely N-dealkylation sites (N-methyl/N-ethyl adjacent to an activating group) is 1. The first-order chi connectivity index (χ1) is 10.0. The molecule has 0 aromatic rings. The molecule has 0 radical (unpaired) electrons. The van der Waals surface area contributed by atoms with Gasteiger partial charge in [-0.3, -0.25) is 9.69 Å². The number of hydrogen-bond donors (Lipinski definition) is 1.